The summed E-state index contributed by atoms with van der Waals surface area (Å²) in [6.45, 7) is 10.5. The number of amides is 1. The summed E-state index contributed by atoms with van der Waals surface area (Å²) in [7, 11) is 3.33. The fourth-order valence-electron chi connectivity index (χ4n) is 10.7. The number of carbonyl (C=O) groups excluding carboxylic acids is 3. The van der Waals surface area contributed by atoms with Crippen LogP contribution in [0.3, 0.4) is 0 Å². The third-order valence-corrected chi connectivity index (χ3v) is 13.5. The van der Waals surface area contributed by atoms with E-state index in [1.807, 2.05) is 27.7 Å². The van der Waals surface area contributed by atoms with Crippen LogP contribution >= 0.6 is 0 Å². The van der Waals surface area contributed by atoms with Gasteiger partial charge in [-0.1, -0.05) is 19.9 Å². The Labute approximate surface area is 316 Å². The molecular formula is C41H65NO11. The molecule has 53 heavy (non-hydrogen) atoms. The zero-order valence-electron chi connectivity index (χ0n) is 32.9. The molecule has 0 spiro atoms. The minimum Gasteiger partial charge on any atom is -0.462 e. The Balaban J connectivity index is 1.20. The van der Waals surface area contributed by atoms with Crippen LogP contribution in [0.1, 0.15) is 105 Å². The molecule has 2 saturated carbocycles. The van der Waals surface area contributed by atoms with Crippen molar-refractivity contribution in [2.45, 2.75) is 173 Å². The van der Waals surface area contributed by atoms with Crippen LogP contribution in [-0.2, 0) is 52.3 Å². The van der Waals surface area contributed by atoms with Gasteiger partial charge >= 0.3 is 5.97 Å². The first-order valence-corrected chi connectivity index (χ1v) is 20.5. The number of cyclic esters (lactones) is 1. The maximum atomic E-state index is 14.7. The lowest BCUT2D eigenvalue weighted by Crippen LogP contribution is -2.60. The number of hydrogen-bond acceptors (Lipinski definition) is 11. The van der Waals surface area contributed by atoms with E-state index in [0.29, 0.717) is 31.3 Å². The highest BCUT2D eigenvalue weighted by Gasteiger charge is 2.54. The van der Waals surface area contributed by atoms with E-state index in [4.69, 9.17) is 37.9 Å². The van der Waals surface area contributed by atoms with Crippen LogP contribution in [-0.4, -0.2) is 106 Å². The molecule has 6 rings (SSSR count). The summed E-state index contributed by atoms with van der Waals surface area (Å²) in [5, 5.41) is 2.85. The van der Waals surface area contributed by atoms with E-state index in [-0.39, 0.29) is 84.7 Å². The lowest BCUT2D eigenvalue weighted by molar-refractivity contribution is -0.317. The number of ketones is 1. The average Bonchev–Trinajstić information content (AvgIpc) is 3.72. The zero-order chi connectivity index (χ0) is 37.8. The molecule has 12 heteroatoms. The summed E-state index contributed by atoms with van der Waals surface area (Å²) in [5.74, 6) is 0.468. The number of fused-ring (bicyclic) bond motifs is 5. The second-order valence-electron chi connectivity index (χ2n) is 16.5. The van der Waals surface area contributed by atoms with Crippen molar-refractivity contribution >= 4 is 18.2 Å². The first kappa shape index (κ1) is 40.7. The number of rotatable bonds is 11. The van der Waals surface area contributed by atoms with Crippen molar-refractivity contribution in [2.75, 3.05) is 20.8 Å². The molecule has 12 nitrogen and oxygen atoms in total. The molecule has 0 aromatic carbocycles. The Morgan fingerprint density at radius 1 is 0.868 bits per heavy atom. The van der Waals surface area contributed by atoms with Gasteiger partial charge in [-0.3, -0.25) is 14.4 Å². The molecule has 2 unspecified atom stereocenters. The van der Waals surface area contributed by atoms with Gasteiger partial charge in [-0.25, -0.2) is 0 Å². The van der Waals surface area contributed by atoms with Gasteiger partial charge < -0.3 is 43.2 Å². The van der Waals surface area contributed by atoms with Crippen LogP contribution < -0.4 is 5.32 Å². The van der Waals surface area contributed by atoms with E-state index >= 15 is 0 Å². The lowest BCUT2D eigenvalue weighted by atomic mass is 9.66. The molecule has 3 aliphatic carbocycles. The van der Waals surface area contributed by atoms with E-state index < -0.39 is 24.6 Å². The van der Waals surface area contributed by atoms with E-state index in [0.717, 1.165) is 63.3 Å². The second kappa shape index (κ2) is 18.3. The van der Waals surface area contributed by atoms with Crippen LogP contribution in [0.25, 0.3) is 0 Å². The molecule has 5 fully saturated rings. The summed E-state index contributed by atoms with van der Waals surface area (Å²) in [4.78, 5) is 39.3. The third kappa shape index (κ3) is 8.89. The molecule has 300 valence electrons. The van der Waals surface area contributed by atoms with E-state index in [1.54, 1.807) is 14.2 Å². The number of hydrogen-bond donors (Lipinski definition) is 1. The Bertz CT molecular complexity index is 1280. The topological polar surface area (TPSA) is 137 Å². The number of nitrogens with one attached hydrogen (secondary N) is 1. The summed E-state index contributed by atoms with van der Waals surface area (Å²) >= 11 is 0. The molecule has 3 saturated heterocycles. The predicted octanol–water partition coefficient (Wildman–Crippen LogP) is 5.29. The Morgan fingerprint density at radius 2 is 1.66 bits per heavy atom. The molecule has 0 aromatic heterocycles. The standard InChI is InChI=1S/C41H65NO11/c1-8-26-11-10-12-34(53-36-16-15-33(42-21-43)23(4)49-36)22(3)37(45)32-19-30-28(31(32)20-35(44)51-26)14-13-25-17-27(18-29(25)30)52-41-40(47-7)39(48-9-2)38(46-6)24(5)50-41/h19,21-31,33-34,36,38-41H,8-18,20H2,1-7H3,(H,42,43)/t22-,23-,24+,25-,26+,27-,28-,29-,30-,31+,33+,34?,36+,38+,39-,40-,41?/m1/s1. The smallest absolute Gasteiger partial charge is 0.306 e. The Morgan fingerprint density at radius 3 is 2.36 bits per heavy atom. The van der Waals surface area contributed by atoms with Crippen LogP contribution in [0.15, 0.2) is 11.6 Å². The quantitative estimate of drug-likeness (QED) is 0.218. The van der Waals surface area contributed by atoms with E-state index in [1.165, 1.54) is 0 Å². The monoisotopic (exact) mass is 747 g/mol. The number of ether oxygens (including phenoxy) is 8. The van der Waals surface area contributed by atoms with Crippen molar-refractivity contribution in [1.29, 1.82) is 0 Å². The predicted molar refractivity (Wildman–Crippen MR) is 194 cm³/mol. The van der Waals surface area contributed by atoms with Crippen LogP contribution in [0.4, 0.5) is 0 Å². The SMILES string of the molecule is CCO[C@@H]1[C@@H](OC)[C@H](C)OC(O[C@@H]2C[C@H]3CC[C@@H]4[C@@H](C=C5C(=O)[C@H](C)C(O[C@H]6CC[C@H](NC=O)[C@@H](C)O6)CCC[C@H](CC)OC(=O)C[C@H]54)[C@@H]3C2)[C@@H]1OC. The fraction of sp³-hybridized carbons (Fsp3) is 0.878. The molecule has 0 radical (unpaired) electrons. The average molecular weight is 748 g/mol. The fourth-order valence-corrected chi connectivity index (χ4v) is 10.7. The summed E-state index contributed by atoms with van der Waals surface area (Å²) in [5.41, 5.74) is 0.777. The van der Waals surface area contributed by atoms with Crippen molar-refractivity contribution in [3.8, 4) is 0 Å². The highest BCUT2D eigenvalue weighted by atomic mass is 16.7. The van der Waals surface area contributed by atoms with Gasteiger partial charge in [0.25, 0.3) is 0 Å². The minimum absolute atomic E-state index is 0.0214. The van der Waals surface area contributed by atoms with Gasteiger partial charge in [-0.15, -0.1) is 0 Å². The summed E-state index contributed by atoms with van der Waals surface area (Å²) in [6.07, 6.45) is 8.26. The summed E-state index contributed by atoms with van der Waals surface area (Å²) < 4.78 is 49.8. The van der Waals surface area contributed by atoms with Crippen LogP contribution in [0, 0.1) is 35.5 Å². The molecule has 6 aliphatic rings. The van der Waals surface area contributed by atoms with Crippen molar-refractivity contribution in [3.05, 3.63) is 11.6 Å². The molecule has 0 bridgehead atoms. The van der Waals surface area contributed by atoms with Crippen molar-refractivity contribution in [3.63, 3.8) is 0 Å². The first-order chi connectivity index (χ1) is 25.6. The van der Waals surface area contributed by atoms with Crippen molar-refractivity contribution in [2.24, 2.45) is 35.5 Å². The minimum atomic E-state index is -0.584. The van der Waals surface area contributed by atoms with E-state index in [2.05, 4.69) is 18.3 Å². The Hall–Kier alpha value is -1.93. The number of allylic oxidation sites excluding steroid dienone is 2. The highest BCUT2D eigenvalue weighted by molar-refractivity contribution is 5.99. The first-order valence-electron chi connectivity index (χ1n) is 20.5. The van der Waals surface area contributed by atoms with Crippen LogP contribution in [0.2, 0.25) is 0 Å². The molecule has 1 N–H and O–H groups in total. The normalized spacial score (nSPS) is 45.1. The van der Waals surface area contributed by atoms with Gasteiger partial charge in [-0.2, -0.15) is 0 Å². The molecule has 3 aliphatic heterocycles. The largest absolute Gasteiger partial charge is 0.462 e. The number of methoxy groups -OCH3 is 2. The number of carbonyl (C=O) groups is 3. The highest BCUT2D eigenvalue weighted by Crippen LogP contribution is 2.57. The van der Waals surface area contributed by atoms with Gasteiger partial charge in [-0.05, 0) is 108 Å². The number of Topliss-reactive ketones (excluding diaryl/α,β-unsaturated/α-hetero) is 1. The maximum Gasteiger partial charge on any atom is 0.306 e. The maximum absolute atomic E-state index is 14.7. The molecule has 17 atom stereocenters. The zero-order valence-corrected chi connectivity index (χ0v) is 32.9. The molecule has 0 aromatic rings. The summed E-state index contributed by atoms with van der Waals surface area (Å²) in [6, 6.07) is -0.0602. The van der Waals surface area contributed by atoms with Crippen LogP contribution in [0.5, 0.6) is 0 Å². The molecular weight excluding hydrogens is 682 g/mol. The van der Waals surface area contributed by atoms with Crippen molar-refractivity contribution in [1.82, 2.24) is 5.32 Å². The van der Waals surface area contributed by atoms with Gasteiger partial charge in [0.2, 0.25) is 6.41 Å². The molecule has 3 heterocycles. The van der Waals surface area contributed by atoms with Gasteiger partial charge in [0.1, 0.15) is 24.4 Å². The number of esters is 1. The van der Waals surface area contributed by atoms with Crippen molar-refractivity contribution < 1.29 is 52.3 Å². The van der Waals surface area contributed by atoms with E-state index in [9.17, 15) is 14.4 Å². The van der Waals surface area contributed by atoms with Gasteiger partial charge in [0, 0.05) is 39.1 Å². The third-order valence-electron chi connectivity index (χ3n) is 13.5. The lowest BCUT2D eigenvalue weighted by Gasteiger charge is -2.44. The molecule has 1 amide bonds. The van der Waals surface area contributed by atoms with Gasteiger partial charge in [0.15, 0.2) is 18.4 Å². The van der Waals surface area contributed by atoms with Gasteiger partial charge in [0.05, 0.1) is 36.9 Å². The Kier molecular flexibility index (Phi) is 14.1. The second-order valence-corrected chi connectivity index (χ2v) is 16.5.